The predicted molar refractivity (Wildman–Crippen MR) is 153 cm³/mol. The summed E-state index contributed by atoms with van der Waals surface area (Å²) in [7, 11) is 0. The molecular formula is C33H26ClNO4. The molecule has 1 N–H and O–H groups in total. The summed E-state index contributed by atoms with van der Waals surface area (Å²) in [6.07, 6.45) is 0. The minimum atomic E-state index is -0.634. The van der Waals surface area contributed by atoms with Crippen LogP contribution in [0, 0.1) is 0 Å². The van der Waals surface area contributed by atoms with Gasteiger partial charge in [-0.15, -0.1) is 0 Å². The first-order valence-corrected chi connectivity index (χ1v) is 13.3. The lowest BCUT2D eigenvalue weighted by Gasteiger charge is -2.29. The molecule has 0 fully saturated rings. The highest BCUT2D eigenvalue weighted by atomic mass is 35.5. The Balaban J connectivity index is 1.37. The average molecular weight is 536 g/mol. The van der Waals surface area contributed by atoms with Gasteiger partial charge < -0.3 is 14.8 Å². The Morgan fingerprint density at radius 3 is 2.49 bits per heavy atom. The molecule has 1 aliphatic heterocycles. The molecule has 1 aliphatic carbocycles. The highest BCUT2D eigenvalue weighted by Gasteiger charge is 2.43. The molecule has 4 aromatic rings. The SMILES string of the molecule is CCOC(=O)C1=C(C)NC2=C(C(=O)c3ccccc32)[C@H]1c1ccc(OCc2cccc3ccccc23)c(Cl)c1. The maximum atomic E-state index is 13.6. The van der Waals surface area contributed by atoms with E-state index in [-0.39, 0.29) is 12.4 Å². The van der Waals surface area contributed by atoms with E-state index in [4.69, 9.17) is 21.1 Å². The van der Waals surface area contributed by atoms with Crippen molar-refractivity contribution in [3.05, 3.63) is 129 Å². The molecule has 0 unspecified atom stereocenters. The Bertz CT molecular complexity index is 1710. The molecule has 0 spiro atoms. The van der Waals surface area contributed by atoms with Crippen LogP contribution in [-0.2, 0) is 16.1 Å². The van der Waals surface area contributed by atoms with Crippen molar-refractivity contribution in [1.82, 2.24) is 5.32 Å². The van der Waals surface area contributed by atoms with Gasteiger partial charge in [-0.2, -0.15) is 0 Å². The first-order chi connectivity index (χ1) is 19.0. The molecule has 2 aliphatic rings. The van der Waals surface area contributed by atoms with Crippen LogP contribution in [0.15, 0.2) is 102 Å². The number of esters is 1. The Labute approximate surface area is 231 Å². The van der Waals surface area contributed by atoms with Gasteiger partial charge in [-0.3, -0.25) is 4.79 Å². The van der Waals surface area contributed by atoms with E-state index in [0.717, 1.165) is 33.2 Å². The van der Waals surface area contributed by atoms with Gasteiger partial charge in [0.2, 0.25) is 0 Å². The molecule has 0 bridgehead atoms. The van der Waals surface area contributed by atoms with Crippen LogP contribution in [0.25, 0.3) is 16.5 Å². The summed E-state index contributed by atoms with van der Waals surface area (Å²) >= 11 is 6.75. The molecule has 0 saturated carbocycles. The van der Waals surface area contributed by atoms with Crippen LogP contribution in [0.1, 0.15) is 46.8 Å². The summed E-state index contributed by atoms with van der Waals surface area (Å²) in [4.78, 5) is 26.8. The number of hydrogen-bond donors (Lipinski definition) is 1. The number of dihydropyridines is 1. The van der Waals surface area contributed by atoms with E-state index in [1.54, 1.807) is 19.1 Å². The quantitative estimate of drug-likeness (QED) is 0.264. The normalized spacial score (nSPS) is 16.2. The van der Waals surface area contributed by atoms with E-state index in [9.17, 15) is 9.59 Å². The maximum Gasteiger partial charge on any atom is 0.336 e. The summed E-state index contributed by atoms with van der Waals surface area (Å²) in [5.74, 6) is -0.684. The summed E-state index contributed by atoms with van der Waals surface area (Å²) in [5.41, 5.74) is 5.49. The standard InChI is InChI=1S/C33H26ClNO4/c1-3-38-33(37)28-19(2)35-31-24-13-6-7-14-25(24)32(36)30(31)29(28)21-15-16-27(26(34)17-21)39-18-22-11-8-10-20-9-4-5-12-23(20)22/h4-17,29,35H,3,18H2,1-2H3/t29-/m0/s1. The smallest absolute Gasteiger partial charge is 0.336 e. The number of ether oxygens (including phenoxy) is 2. The number of nitrogens with one attached hydrogen (secondary N) is 1. The third-order valence-corrected chi connectivity index (χ3v) is 7.59. The maximum absolute atomic E-state index is 13.6. The van der Waals surface area contributed by atoms with Crippen LogP contribution < -0.4 is 10.1 Å². The van der Waals surface area contributed by atoms with E-state index in [0.29, 0.717) is 39.8 Å². The molecule has 5 nitrogen and oxygen atoms in total. The number of ketones is 1. The minimum absolute atomic E-state index is 0.111. The molecule has 4 aromatic carbocycles. The molecule has 1 atom stereocenters. The fourth-order valence-electron chi connectivity index (χ4n) is 5.53. The van der Waals surface area contributed by atoms with Crippen LogP contribution in [-0.4, -0.2) is 18.4 Å². The average Bonchev–Trinajstić information content (AvgIpc) is 3.23. The highest BCUT2D eigenvalue weighted by Crippen LogP contribution is 2.47. The fourth-order valence-corrected chi connectivity index (χ4v) is 5.77. The van der Waals surface area contributed by atoms with E-state index in [1.807, 2.05) is 61.5 Å². The Hall–Kier alpha value is -4.35. The molecule has 6 heteroatoms. The van der Waals surface area contributed by atoms with E-state index >= 15 is 0 Å². The summed E-state index contributed by atoms with van der Waals surface area (Å²) in [6, 6.07) is 27.2. The van der Waals surface area contributed by atoms with Crippen molar-refractivity contribution >= 4 is 39.8 Å². The van der Waals surface area contributed by atoms with Gasteiger partial charge in [0, 0.05) is 28.3 Å². The molecule has 0 radical (unpaired) electrons. The predicted octanol–water partition coefficient (Wildman–Crippen LogP) is 7.20. The van der Waals surface area contributed by atoms with Crippen LogP contribution in [0.4, 0.5) is 0 Å². The zero-order valence-corrected chi connectivity index (χ0v) is 22.3. The topological polar surface area (TPSA) is 64.6 Å². The van der Waals surface area contributed by atoms with Crippen molar-refractivity contribution in [2.45, 2.75) is 26.4 Å². The van der Waals surface area contributed by atoms with Gasteiger partial charge in [0.05, 0.1) is 22.9 Å². The number of halogens is 1. The van der Waals surface area contributed by atoms with Crippen molar-refractivity contribution in [3.63, 3.8) is 0 Å². The number of fused-ring (bicyclic) bond motifs is 3. The molecule has 194 valence electrons. The molecule has 1 heterocycles. The number of Topliss-reactive ketones (excluding diaryl/α,β-unsaturated/α-hetero) is 1. The third kappa shape index (κ3) is 4.29. The van der Waals surface area contributed by atoms with Gasteiger partial charge in [0.15, 0.2) is 5.78 Å². The van der Waals surface area contributed by atoms with Gasteiger partial charge in [-0.1, -0.05) is 84.4 Å². The lowest BCUT2D eigenvalue weighted by molar-refractivity contribution is -0.138. The van der Waals surface area contributed by atoms with Crippen molar-refractivity contribution in [2.75, 3.05) is 6.61 Å². The first-order valence-electron chi connectivity index (χ1n) is 12.9. The summed E-state index contributed by atoms with van der Waals surface area (Å²) in [6.45, 7) is 4.17. The molecule has 0 saturated heterocycles. The first kappa shape index (κ1) is 25.0. The number of benzene rings is 4. The second kappa shape index (κ2) is 10.1. The summed E-state index contributed by atoms with van der Waals surface area (Å²) < 4.78 is 11.6. The van der Waals surface area contributed by atoms with Crippen molar-refractivity contribution in [2.24, 2.45) is 0 Å². The van der Waals surface area contributed by atoms with E-state index in [2.05, 4.69) is 23.5 Å². The lowest BCUT2D eigenvalue weighted by atomic mass is 9.80. The molecule has 6 rings (SSSR count). The Morgan fingerprint density at radius 1 is 0.949 bits per heavy atom. The number of carbonyl (C=O) groups excluding carboxylic acids is 2. The molecule has 0 amide bonds. The number of hydrogen-bond acceptors (Lipinski definition) is 5. The van der Waals surface area contributed by atoms with Crippen LogP contribution in [0.3, 0.4) is 0 Å². The lowest BCUT2D eigenvalue weighted by Crippen LogP contribution is -2.29. The van der Waals surface area contributed by atoms with Crippen molar-refractivity contribution in [1.29, 1.82) is 0 Å². The van der Waals surface area contributed by atoms with Gasteiger partial charge in [0.25, 0.3) is 0 Å². The third-order valence-electron chi connectivity index (χ3n) is 7.30. The zero-order valence-electron chi connectivity index (χ0n) is 21.6. The van der Waals surface area contributed by atoms with Gasteiger partial charge in [0.1, 0.15) is 12.4 Å². The monoisotopic (exact) mass is 535 g/mol. The highest BCUT2D eigenvalue weighted by molar-refractivity contribution is 6.32. The Kier molecular flexibility index (Phi) is 6.45. The second-order valence-electron chi connectivity index (χ2n) is 9.60. The summed E-state index contributed by atoms with van der Waals surface area (Å²) in [5, 5.41) is 5.98. The zero-order chi connectivity index (χ0) is 27.1. The number of rotatable bonds is 6. The van der Waals surface area contributed by atoms with Crippen molar-refractivity contribution in [3.8, 4) is 5.75 Å². The Morgan fingerprint density at radius 2 is 1.69 bits per heavy atom. The van der Waals surface area contributed by atoms with Crippen LogP contribution >= 0.6 is 11.6 Å². The number of carbonyl (C=O) groups is 2. The van der Waals surface area contributed by atoms with E-state index < -0.39 is 11.9 Å². The van der Waals surface area contributed by atoms with Gasteiger partial charge in [-0.05, 0) is 47.9 Å². The molecule has 39 heavy (non-hydrogen) atoms. The van der Waals surface area contributed by atoms with Crippen molar-refractivity contribution < 1.29 is 19.1 Å². The van der Waals surface area contributed by atoms with E-state index in [1.165, 1.54) is 0 Å². The van der Waals surface area contributed by atoms with Crippen LogP contribution in [0.5, 0.6) is 5.75 Å². The van der Waals surface area contributed by atoms with Gasteiger partial charge >= 0.3 is 5.97 Å². The largest absolute Gasteiger partial charge is 0.487 e. The van der Waals surface area contributed by atoms with Crippen LogP contribution in [0.2, 0.25) is 5.02 Å². The second-order valence-corrected chi connectivity index (χ2v) is 10.0. The fraction of sp³-hybridized carbons (Fsp3) is 0.152. The van der Waals surface area contributed by atoms with Gasteiger partial charge in [-0.25, -0.2) is 4.79 Å². The minimum Gasteiger partial charge on any atom is -0.487 e. The number of allylic oxidation sites excluding steroid dienone is 2. The molecular weight excluding hydrogens is 510 g/mol. The molecule has 0 aromatic heterocycles.